The first-order chi connectivity index (χ1) is 7.34. The van der Waals surface area contributed by atoms with Gasteiger partial charge >= 0.3 is 23.1 Å². The van der Waals surface area contributed by atoms with E-state index >= 15 is 0 Å². The third-order valence-electron chi connectivity index (χ3n) is 2.69. The van der Waals surface area contributed by atoms with Crippen LogP contribution in [-0.2, 0) is 0 Å². The van der Waals surface area contributed by atoms with Crippen LogP contribution in [0.4, 0.5) is 0 Å². The second-order valence-electron chi connectivity index (χ2n) is 3.85. The van der Waals surface area contributed by atoms with Crippen LogP contribution in [0.2, 0.25) is 0 Å². The van der Waals surface area contributed by atoms with E-state index in [-0.39, 0.29) is 23.1 Å². The number of rotatable bonds is 4. The molecule has 0 atom stereocenters. The van der Waals surface area contributed by atoms with Crippen molar-refractivity contribution in [3.8, 4) is 5.75 Å². The van der Waals surface area contributed by atoms with Crippen molar-refractivity contribution in [3.63, 3.8) is 0 Å². The van der Waals surface area contributed by atoms with Crippen LogP contribution in [0.1, 0.15) is 12.8 Å². The smallest absolute Gasteiger partial charge is 0.316 e. The molecule has 2 rings (SSSR count). The van der Waals surface area contributed by atoms with Crippen molar-refractivity contribution in [1.82, 2.24) is 4.90 Å². The highest BCUT2D eigenvalue weighted by Gasteiger charge is 2.10. The summed E-state index contributed by atoms with van der Waals surface area (Å²) in [6, 6.07) is 8.00. The number of ether oxygens (including phenoxy) is 1. The lowest BCUT2D eigenvalue weighted by Gasteiger charge is -2.14. The highest BCUT2D eigenvalue weighted by atomic mass is 79.9. The van der Waals surface area contributed by atoms with Gasteiger partial charge in [0.2, 0.25) is 0 Å². The van der Waals surface area contributed by atoms with Gasteiger partial charge in [0.1, 0.15) is 12.4 Å². The summed E-state index contributed by atoms with van der Waals surface area (Å²) in [4.78, 5) is 2.46. The Morgan fingerprint density at radius 3 is 2.38 bits per heavy atom. The fourth-order valence-corrected chi connectivity index (χ4v) is 2.09. The zero-order valence-electron chi connectivity index (χ0n) is 8.79. The molecule has 0 unspecified atom stereocenters. The van der Waals surface area contributed by atoms with E-state index in [1.807, 2.05) is 24.3 Å². The zero-order valence-corrected chi connectivity index (χ0v) is 10.4. The Morgan fingerprint density at radius 2 is 1.75 bits per heavy atom. The summed E-state index contributed by atoms with van der Waals surface area (Å²) in [7, 11) is 0. The molecule has 86 valence electrons. The number of halogens is 1. The van der Waals surface area contributed by atoms with Crippen LogP contribution in [0.25, 0.3) is 0 Å². The molecule has 1 fully saturated rings. The Hall–Kier alpha value is 0.226. The molecule has 0 N–H and O–H groups in total. The van der Waals surface area contributed by atoms with Crippen LogP contribution in [0, 0.1) is 0 Å². The van der Waals surface area contributed by atoms with Crippen molar-refractivity contribution < 1.29 is 4.74 Å². The van der Waals surface area contributed by atoms with Gasteiger partial charge in [-0.25, -0.2) is 0 Å². The third kappa shape index (κ3) is 4.61. The molecule has 0 saturated carbocycles. The minimum atomic E-state index is 0. The van der Waals surface area contributed by atoms with E-state index in [2.05, 4.69) is 20.8 Å². The third-order valence-corrected chi connectivity index (χ3v) is 3.22. The summed E-state index contributed by atoms with van der Waals surface area (Å²) in [5.41, 5.74) is 0. The van der Waals surface area contributed by atoms with Gasteiger partial charge in [-0.3, -0.25) is 4.90 Å². The Labute approximate surface area is 122 Å². The van der Waals surface area contributed by atoms with Crippen LogP contribution in [-0.4, -0.2) is 54.2 Å². The molecule has 4 heteroatoms. The quantitative estimate of drug-likeness (QED) is 0.788. The Balaban J connectivity index is 0.00000128. The Bertz CT molecular complexity index is 298. The van der Waals surface area contributed by atoms with Crippen LogP contribution >= 0.6 is 15.9 Å². The van der Waals surface area contributed by atoms with Gasteiger partial charge < -0.3 is 4.74 Å². The molecule has 1 heterocycles. The number of hydrogen-bond acceptors (Lipinski definition) is 2. The average Bonchev–Trinajstić information content (AvgIpc) is 2.74. The number of benzene rings is 1. The van der Waals surface area contributed by atoms with Crippen molar-refractivity contribution in [1.29, 1.82) is 0 Å². The van der Waals surface area contributed by atoms with Crippen molar-refractivity contribution in [3.05, 3.63) is 28.7 Å². The average molecular weight is 296 g/mol. The number of nitrogens with zero attached hydrogens (tertiary/aromatic N) is 1. The molecule has 1 saturated heterocycles. The van der Waals surface area contributed by atoms with Gasteiger partial charge in [-0.1, -0.05) is 15.9 Å². The minimum absolute atomic E-state index is 0. The number of hydrogen-bond donors (Lipinski definition) is 0. The lowest BCUT2D eigenvalue weighted by Crippen LogP contribution is -2.25. The summed E-state index contributed by atoms with van der Waals surface area (Å²) >= 11 is 3.40. The van der Waals surface area contributed by atoms with Crippen LogP contribution < -0.4 is 4.74 Å². The van der Waals surface area contributed by atoms with Crippen molar-refractivity contribution in [2.75, 3.05) is 26.2 Å². The standard InChI is InChI=1S/C12H16BrNO.Mg.2H/c13-11-3-5-12(6-4-11)15-10-9-14-7-1-2-8-14;;;/h3-6H,1-2,7-10H2;;;. The predicted molar refractivity (Wildman–Crippen MR) is 73.9 cm³/mol. The molecule has 1 aromatic carbocycles. The van der Waals surface area contributed by atoms with E-state index in [0.29, 0.717) is 0 Å². The number of likely N-dealkylation sites (tertiary alicyclic amines) is 1. The molecule has 0 radical (unpaired) electrons. The largest absolute Gasteiger partial charge is 0.492 e. The second-order valence-corrected chi connectivity index (χ2v) is 4.77. The SMILES string of the molecule is Brc1ccc(OCCN2CCCC2)cc1.[MgH2]. The Morgan fingerprint density at radius 1 is 1.12 bits per heavy atom. The van der Waals surface area contributed by atoms with Crippen LogP contribution in [0.5, 0.6) is 5.75 Å². The molecule has 0 aromatic heterocycles. The van der Waals surface area contributed by atoms with Gasteiger partial charge in [-0.2, -0.15) is 0 Å². The first-order valence-electron chi connectivity index (χ1n) is 5.45. The van der Waals surface area contributed by atoms with Gasteiger partial charge in [0.05, 0.1) is 0 Å². The van der Waals surface area contributed by atoms with E-state index in [1.54, 1.807) is 0 Å². The topological polar surface area (TPSA) is 12.5 Å². The zero-order chi connectivity index (χ0) is 10.5. The van der Waals surface area contributed by atoms with Crippen molar-refractivity contribution in [2.45, 2.75) is 12.8 Å². The molecule has 0 aliphatic carbocycles. The maximum absolute atomic E-state index is 5.66. The van der Waals surface area contributed by atoms with E-state index in [1.165, 1.54) is 25.9 Å². The summed E-state index contributed by atoms with van der Waals surface area (Å²) in [6.45, 7) is 4.32. The van der Waals surface area contributed by atoms with E-state index in [0.717, 1.165) is 23.4 Å². The fourth-order valence-electron chi connectivity index (χ4n) is 1.83. The normalized spacial score (nSPS) is 15.8. The summed E-state index contributed by atoms with van der Waals surface area (Å²) in [5, 5.41) is 0. The van der Waals surface area contributed by atoms with Crippen molar-refractivity contribution in [2.24, 2.45) is 0 Å². The summed E-state index contributed by atoms with van der Waals surface area (Å²) in [6.07, 6.45) is 2.69. The van der Waals surface area contributed by atoms with Crippen LogP contribution in [0.3, 0.4) is 0 Å². The fraction of sp³-hybridized carbons (Fsp3) is 0.500. The molecule has 1 aliphatic rings. The summed E-state index contributed by atoms with van der Waals surface area (Å²) in [5.74, 6) is 0.956. The van der Waals surface area contributed by atoms with Gasteiger partial charge in [0, 0.05) is 11.0 Å². The predicted octanol–water partition coefficient (Wildman–Crippen LogP) is 2.01. The first-order valence-corrected chi connectivity index (χ1v) is 6.24. The molecule has 0 bridgehead atoms. The molecular formula is C12H18BrMgNO. The molecular weight excluding hydrogens is 278 g/mol. The molecule has 1 aliphatic heterocycles. The van der Waals surface area contributed by atoms with Gasteiger partial charge in [0.25, 0.3) is 0 Å². The maximum atomic E-state index is 5.66. The summed E-state index contributed by atoms with van der Waals surface area (Å²) < 4.78 is 6.75. The van der Waals surface area contributed by atoms with E-state index in [9.17, 15) is 0 Å². The Kier molecular flexibility index (Phi) is 6.73. The molecule has 2 nitrogen and oxygen atoms in total. The lowest BCUT2D eigenvalue weighted by atomic mass is 10.3. The van der Waals surface area contributed by atoms with Gasteiger partial charge in [-0.05, 0) is 50.2 Å². The van der Waals surface area contributed by atoms with Gasteiger partial charge in [0.15, 0.2) is 0 Å². The van der Waals surface area contributed by atoms with Crippen molar-refractivity contribution >= 4 is 39.0 Å². The molecule has 16 heavy (non-hydrogen) atoms. The van der Waals surface area contributed by atoms with E-state index in [4.69, 9.17) is 4.74 Å². The van der Waals surface area contributed by atoms with Gasteiger partial charge in [-0.15, -0.1) is 0 Å². The molecule has 0 amide bonds. The minimum Gasteiger partial charge on any atom is -0.492 e. The first kappa shape index (κ1) is 14.3. The molecule has 1 aromatic rings. The monoisotopic (exact) mass is 295 g/mol. The van der Waals surface area contributed by atoms with Crippen LogP contribution in [0.15, 0.2) is 28.7 Å². The second kappa shape index (κ2) is 7.53. The highest BCUT2D eigenvalue weighted by Crippen LogP contribution is 2.16. The molecule has 0 spiro atoms. The lowest BCUT2D eigenvalue weighted by molar-refractivity contribution is 0.238. The maximum Gasteiger partial charge on any atom is 0.316 e. The highest BCUT2D eigenvalue weighted by molar-refractivity contribution is 9.10. The van der Waals surface area contributed by atoms with E-state index < -0.39 is 0 Å².